The van der Waals surface area contributed by atoms with Crippen LogP contribution >= 0.6 is 11.3 Å². The number of benzene rings is 2. The van der Waals surface area contributed by atoms with Crippen LogP contribution in [0.5, 0.6) is 5.75 Å². The topological polar surface area (TPSA) is 64.4 Å². The van der Waals surface area contributed by atoms with Crippen molar-refractivity contribution >= 4 is 22.9 Å². The summed E-state index contributed by atoms with van der Waals surface area (Å²) < 4.78 is 24.0. The average Bonchev–Trinajstić information content (AvgIpc) is 3.40. The molecule has 0 saturated carbocycles. The number of rotatable bonds is 6. The Morgan fingerprint density at radius 2 is 2.00 bits per heavy atom. The van der Waals surface area contributed by atoms with Crippen LogP contribution in [0.25, 0.3) is 10.6 Å². The van der Waals surface area contributed by atoms with Gasteiger partial charge < -0.3 is 14.5 Å². The van der Waals surface area contributed by atoms with Crippen LogP contribution < -0.4 is 10.1 Å². The summed E-state index contributed by atoms with van der Waals surface area (Å²) in [4.78, 5) is 16.7. The molecule has 0 spiro atoms. The van der Waals surface area contributed by atoms with Gasteiger partial charge in [0.1, 0.15) is 28.9 Å². The van der Waals surface area contributed by atoms with Crippen LogP contribution in [0, 0.1) is 5.82 Å². The largest absolute Gasteiger partial charge is 0.486 e. The minimum absolute atomic E-state index is 0.137. The van der Waals surface area contributed by atoms with Crippen LogP contribution in [0.3, 0.4) is 0 Å². The molecule has 28 heavy (non-hydrogen) atoms. The Balaban J connectivity index is 1.39. The standard InChI is InChI=1S/C21H15FN2O3S/c22-15-4-6-17(7-5-15)26-13-18-8-9-19(27-18)20(25)24-16-3-1-2-14(12-16)21-23-10-11-28-21/h1-12H,13H2,(H,24,25). The summed E-state index contributed by atoms with van der Waals surface area (Å²) >= 11 is 1.53. The van der Waals surface area contributed by atoms with Crippen LogP contribution in [0.4, 0.5) is 10.1 Å². The highest BCUT2D eigenvalue weighted by molar-refractivity contribution is 7.13. The molecule has 0 unspecified atom stereocenters. The van der Waals surface area contributed by atoms with Crippen molar-refractivity contribution in [2.24, 2.45) is 0 Å². The van der Waals surface area contributed by atoms with Crippen molar-refractivity contribution in [1.82, 2.24) is 4.98 Å². The normalized spacial score (nSPS) is 10.6. The molecule has 4 aromatic rings. The number of furan rings is 1. The number of carbonyl (C=O) groups excluding carboxylic acids is 1. The molecule has 1 N–H and O–H groups in total. The first-order valence-electron chi connectivity index (χ1n) is 8.46. The molecule has 2 aromatic carbocycles. The molecule has 140 valence electrons. The summed E-state index contributed by atoms with van der Waals surface area (Å²) in [7, 11) is 0. The lowest BCUT2D eigenvalue weighted by Crippen LogP contribution is -2.10. The monoisotopic (exact) mass is 394 g/mol. The first-order valence-corrected chi connectivity index (χ1v) is 9.34. The fourth-order valence-corrected chi connectivity index (χ4v) is 3.19. The van der Waals surface area contributed by atoms with Gasteiger partial charge in [-0.05, 0) is 48.5 Å². The predicted octanol–water partition coefficient (Wildman–Crippen LogP) is 5.37. The second-order valence-corrected chi connectivity index (χ2v) is 6.78. The smallest absolute Gasteiger partial charge is 0.291 e. The van der Waals surface area contributed by atoms with Crippen LogP contribution in [0.1, 0.15) is 16.3 Å². The zero-order valence-corrected chi connectivity index (χ0v) is 15.4. The predicted molar refractivity (Wildman–Crippen MR) is 105 cm³/mol. The molecule has 0 aliphatic carbocycles. The molecule has 0 fully saturated rings. The Kier molecular flexibility index (Phi) is 5.16. The van der Waals surface area contributed by atoms with Crippen LogP contribution in [-0.4, -0.2) is 10.9 Å². The first-order chi connectivity index (χ1) is 13.7. The minimum Gasteiger partial charge on any atom is -0.486 e. The first kappa shape index (κ1) is 17.9. The minimum atomic E-state index is -0.357. The third-order valence-corrected chi connectivity index (χ3v) is 4.70. The number of ether oxygens (including phenoxy) is 1. The second kappa shape index (κ2) is 8.06. The van der Waals surface area contributed by atoms with Crippen molar-refractivity contribution in [3.05, 3.63) is 89.6 Å². The molecular weight excluding hydrogens is 379 g/mol. The SMILES string of the molecule is O=C(Nc1cccc(-c2nccs2)c1)c1ccc(COc2ccc(F)cc2)o1. The van der Waals surface area contributed by atoms with Gasteiger partial charge in [-0.15, -0.1) is 11.3 Å². The van der Waals surface area contributed by atoms with E-state index in [0.717, 1.165) is 10.6 Å². The molecule has 0 saturated heterocycles. The number of thiazole rings is 1. The van der Waals surface area contributed by atoms with Crippen molar-refractivity contribution in [3.8, 4) is 16.3 Å². The van der Waals surface area contributed by atoms with Crippen molar-refractivity contribution in [2.75, 3.05) is 5.32 Å². The number of aromatic nitrogens is 1. The molecule has 1 amide bonds. The highest BCUT2D eigenvalue weighted by atomic mass is 32.1. The molecule has 0 aliphatic heterocycles. The van der Waals surface area contributed by atoms with Gasteiger partial charge in [0, 0.05) is 22.8 Å². The van der Waals surface area contributed by atoms with Gasteiger partial charge in [0.2, 0.25) is 0 Å². The summed E-state index contributed by atoms with van der Waals surface area (Å²) in [5.74, 6) is 0.499. The lowest BCUT2D eigenvalue weighted by Gasteiger charge is -2.05. The molecule has 5 nitrogen and oxygen atoms in total. The number of nitrogens with zero attached hydrogens (tertiary/aromatic N) is 1. The molecule has 0 aliphatic rings. The fraction of sp³-hybridized carbons (Fsp3) is 0.0476. The third-order valence-electron chi connectivity index (χ3n) is 3.88. The van der Waals surface area contributed by atoms with E-state index in [9.17, 15) is 9.18 Å². The summed E-state index contributed by atoms with van der Waals surface area (Å²) in [6, 6.07) is 16.4. The van der Waals surface area contributed by atoms with Crippen molar-refractivity contribution in [1.29, 1.82) is 0 Å². The van der Waals surface area contributed by atoms with Gasteiger partial charge in [-0.1, -0.05) is 12.1 Å². The van der Waals surface area contributed by atoms with E-state index in [0.29, 0.717) is 17.2 Å². The number of carbonyl (C=O) groups is 1. The van der Waals surface area contributed by atoms with Gasteiger partial charge >= 0.3 is 0 Å². The maximum atomic E-state index is 12.9. The Morgan fingerprint density at radius 3 is 2.79 bits per heavy atom. The number of nitrogens with one attached hydrogen (secondary N) is 1. The summed E-state index contributed by atoms with van der Waals surface area (Å²) in [5, 5.41) is 5.60. The summed E-state index contributed by atoms with van der Waals surface area (Å²) in [6.07, 6.45) is 1.74. The lowest BCUT2D eigenvalue weighted by molar-refractivity contribution is 0.0992. The summed E-state index contributed by atoms with van der Waals surface area (Å²) in [5.41, 5.74) is 1.58. The van der Waals surface area contributed by atoms with Crippen LogP contribution in [0.2, 0.25) is 0 Å². The van der Waals surface area contributed by atoms with Gasteiger partial charge in [-0.2, -0.15) is 0 Å². The third kappa shape index (κ3) is 4.27. The molecule has 0 radical (unpaired) electrons. The Labute approximate surface area is 164 Å². The molecule has 2 heterocycles. The summed E-state index contributed by atoms with van der Waals surface area (Å²) in [6.45, 7) is 0.137. The van der Waals surface area contributed by atoms with E-state index in [4.69, 9.17) is 9.15 Å². The maximum Gasteiger partial charge on any atom is 0.291 e. The van der Waals surface area contributed by atoms with E-state index in [1.54, 1.807) is 24.4 Å². The quantitative estimate of drug-likeness (QED) is 0.477. The van der Waals surface area contributed by atoms with Gasteiger partial charge in [0.15, 0.2) is 5.76 Å². The number of hydrogen-bond acceptors (Lipinski definition) is 5. The highest BCUT2D eigenvalue weighted by Gasteiger charge is 2.13. The molecule has 0 atom stereocenters. The Hall–Kier alpha value is -3.45. The van der Waals surface area contributed by atoms with Gasteiger partial charge in [-0.25, -0.2) is 9.37 Å². The lowest BCUT2D eigenvalue weighted by atomic mass is 10.2. The van der Waals surface area contributed by atoms with E-state index < -0.39 is 0 Å². The van der Waals surface area contributed by atoms with Crippen molar-refractivity contribution in [3.63, 3.8) is 0 Å². The van der Waals surface area contributed by atoms with Gasteiger partial charge in [0.05, 0.1) is 0 Å². The zero-order chi connectivity index (χ0) is 19.3. The molecule has 2 aromatic heterocycles. The van der Waals surface area contributed by atoms with E-state index in [2.05, 4.69) is 10.3 Å². The van der Waals surface area contributed by atoms with E-state index in [1.807, 2.05) is 23.6 Å². The molecular formula is C21H15FN2O3S. The molecule has 7 heteroatoms. The molecule has 4 rings (SSSR count). The van der Waals surface area contributed by atoms with Gasteiger partial charge in [-0.3, -0.25) is 4.79 Å². The van der Waals surface area contributed by atoms with Crippen LogP contribution in [-0.2, 0) is 6.61 Å². The van der Waals surface area contributed by atoms with E-state index >= 15 is 0 Å². The van der Waals surface area contributed by atoms with Crippen molar-refractivity contribution < 1.29 is 18.3 Å². The van der Waals surface area contributed by atoms with Gasteiger partial charge in [0.25, 0.3) is 5.91 Å². The Bertz CT molecular complexity index is 1080. The average molecular weight is 394 g/mol. The van der Waals surface area contributed by atoms with E-state index in [-0.39, 0.29) is 24.1 Å². The zero-order valence-electron chi connectivity index (χ0n) is 14.6. The Morgan fingerprint density at radius 1 is 1.14 bits per heavy atom. The number of amides is 1. The van der Waals surface area contributed by atoms with Crippen LogP contribution in [0.15, 0.2) is 76.7 Å². The van der Waals surface area contributed by atoms with E-state index in [1.165, 1.54) is 35.6 Å². The molecule has 0 bridgehead atoms. The number of anilines is 1. The number of hydrogen-bond donors (Lipinski definition) is 1. The number of halogens is 1. The fourth-order valence-electron chi connectivity index (χ4n) is 2.55. The highest BCUT2D eigenvalue weighted by Crippen LogP contribution is 2.25. The maximum absolute atomic E-state index is 12.9. The second-order valence-electron chi connectivity index (χ2n) is 5.88. The van der Waals surface area contributed by atoms with Crippen molar-refractivity contribution in [2.45, 2.75) is 6.61 Å².